The van der Waals surface area contributed by atoms with Crippen LogP contribution in [0.4, 0.5) is 5.82 Å². The molecule has 1 aromatic rings. The Morgan fingerprint density at radius 1 is 1.10 bits per heavy atom. The molecule has 0 N–H and O–H groups in total. The molecule has 2 aliphatic rings. The summed E-state index contributed by atoms with van der Waals surface area (Å²) in [4.78, 5) is 11.5. The minimum Gasteiger partial charge on any atom is -0.381 e. The largest absolute Gasteiger partial charge is 0.381 e. The van der Waals surface area contributed by atoms with Gasteiger partial charge in [-0.1, -0.05) is 13.8 Å². The third-order valence-corrected chi connectivity index (χ3v) is 4.55. The van der Waals surface area contributed by atoms with Crippen molar-refractivity contribution >= 4 is 5.82 Å². The SMILES string of the molecule is CC(C)c1nccnc1N1CCOCC2(CCOCC2)C1. The molecule has 0 amide bonds. The molecule has 21 heavy (non-hydrogen) atoms. The minimum absolute atomic E-state index is 0.209. The molecular weight excluding hydrogens is 266 g/mol. The molecule has 1 aromatic heterocycles. The van der Waals surface area contributed by atoms with Crippen molar-refractivity contribution in [2.24, 2.45) is 5.41 Å². The van der Waals surface area contributed by atoms with E-state index >= 15 is 0 Å². The first-order chi connectivity index (χ1) is 10.2. The minimum atomic E-state index is 0.209. The molecule has 116 valence electrons. The average Bonchev–Trinajstić information content (AvgIpc) is 2.71. The van der Waals surface area contributed by atoms with Crippen LogP contribution in [-0.2, 0) is 9.47 Å². The zero-order valence-electron chi connectivity index (χ0n) is 13.0. The Hall–Kier alpha value is -1.20. The lowest BCUT2D eigenvalue weighted by Crippen LogP contribution is -2.43. The van der Waals surface area contributed by atoms with E-state index < -0.39 is 0 Å². The fourth-order valence-corrected chi connectivity index (χ4v) is 3.27. The van der Waals surface area contributed by atoms with Gasteiger partial charge in [0, 0.05) is 44.1 Å². The van der Waals surface area contributed by atoms with Crippen molar-refractivity contribution in [2.45, 2.75) is 32.6 Å². The summed E-state index contributed by atoms with van der Waals surface area (Å²) < 4.78 is 11.4. The first kappa shape index (κ1) is 14.7. The zero-order valence-corrected chi connectivity index (χ0v) is 13.0. The quantitative estimate of drug-likeness (QED) is 0.836. The third kappa shape index (κ3) is 3.19. The van der Waals surface area contributed by atoms with E-state index in [0.717, 1.165) is 63.9 Å². The van der Waals surface area contributed by atoms with Gasteiger partial charge in [-0.15, -0.1) is 0 Å². The molecule has 5 heteroatoms. The molecule has 0 aliphatic carbocycles. The predicted molar refractivity (Wildman–Crippen MR) is 81.6 cm³/mol. The summed E-state index contributed by atoms with van der Waals surface area (Å²) >= 11 is 0. The van der Waals surface area contributed by atoms with E-state index in [9.17, 15) is 0 Å². The normalized spacial score (nSPS) is 22.5. The van der Waals surface area contributed by atoms with Crippen molar-refractivity contribution in [3.05, 3.63) is 18.1 Å². The number of hydrogen-bond donors (Lipinski definition) is 0. The van der Waals surface area contributed by atoms with Crippen molar-refractivity contribution in [3.63, 3.8) is 0 Å². The molecule has 3 rings (SSSR count). The molecule has 2 saturated heterocycles. The van der Waals surface area contributed by atoms with Crippen LogP contribution in [0, 0.1) is 5.41 Å². The third-order valence-electron chi connectivity index (χ3n) is 4.55. The molecule has 1 spiro atoms. The number of hydrogen-bond acceptors (Lipinski definition) is 5. The highest BCUT2D eigenvalue weighted by Gasteiger charge is 2.37. The Balaban J connectivity index is 1.87. The maximum absolute atomic E-state index is 5.89. The summed E-state index contributed by atoms with van der Waals surface area (Å²) in [5.41, 5.74) is 1.29. The second-order valence-electron chi connectivity index (χ2n) is 6.51. The van der Waals surface area contributed by atoms with Gasteiger partial charge in [-0.05, 0) is 18.8 Å². The Bertz CT molecular complexity index is 472. The second kappa shape index (κ2) is 6.28. The van der Waals surface area contributed by atoms with Crippen molar-refractivity contribution in [2.75, 3.05) is 44.4 Å². The summed E-state index contributed by atoms with van der Waals surface area (Å²) in [5, 5.41) is 0. The van der Waals surface area contributed by atoms with Gasteiger partial charge >= 0.3 is 0 Å². The van der Waals surface area contributed by atoms with Gasteiger partial charge in [-0.3, -0.25) is 4.98 Å². The van der Waals surface area contributed by atoms with Gasteiger partial charge in [0.15, 0.2) is 5.82 Å². The van der Waals surface area contributed by atoms with Gasteiger partial charge in [-0.2, -0.15) is 0 Å². The van der Waals surface area contributed by atoms with Crippen LogP contribution in [0.2, 0.25) is 0 Å². The van der Waals surface area contributed by atoms with E-state index in [1.165, 1.54) is 0 Å². The summed E-state index contributed by atoms with van der Waals surface area (Å²) in [6.07, 6.45) is 5.72. The molecule has 0 aromatic carbocycles. The second-order valence-corrected chi connectivity index (χ2v) is 6.51. The van der Waals surface area contributed by atoms with Crippen molar-refractivity contribution < 1.29 is 9.47 Å². The van der Waals surface area contributed by atoms with Crippen molar-refractivity contribution in [1.82, 2.24) is 9.97 Å². The first-order valence-electron chi connectivity index (χ1n) is 7.92. The number of anilines is 1. The van der Waals surface area contributed by atoms with Crippen LogP contribution in [0.25, 0.3) is 0 Å². The number of nitrogens with zero attached hydrogens (tertiary/aromatic N) is 3. The van der Waals surface area contributed by atoms with E-state index in [0.29, 0.717) is 5.92 Å². The number of rotatable bonds is 2. The Kier molecular flexibility index (Phi) is 4.40. The highest BCUT2D eigenvalue weighted by molar-refractivity contribution is 5.45. The summed E-state index contributed by atoms with van der Waals surface area (Å²) in [6.45, 7) is 9.51. The monoisotopic (exact) mass is 291 g/mol. The summed E-state index contributed by atoms with van der Waals surface area (Å²) in [7, 11) is 0. The number of ether oxygens (including phenoxy) is 2. The van der Waals surface area contributed by atoms with Crippen LogP contribution in [-0.4, -0.2) is 49.5 Å². The Morgan fingerprint density at radius 3 is 2.62 bits per heavy atom. The maximum Gasteiger partial charge on any atom is 0.150 e. The molecule has 0 radical (unpaired) electrons. The molecule has 5 nitrogen and oxygen atoms in total. The van der Waals surface area contributed by atoms with E-state index in [1.807, 2.05) is 0 Å². The smallest absolute Gasteiger partial charge is 0.150 e. The molecule has 0 saturated carbocycles. The zero-order chi connectivity index (χ0) is 14.7. The van der Waals surface area contributed by atoms with Crippen LogP contribution in [0.3, 0.4) is 0 Å². The molecular formula is C16H25N3O2. The first-order valence-corrected chi connectivity index (χ1v) is 7.92. The van der Waals surface area contributed by atoms with Crippen molar-refractivity contribution in [3.8, 4) is 0 Å². The average molecular weight is 291 g/mol. The lowest BCUT2D eigenvalue weighted by atomic mass is 9.80. The van der Waals surface area contributed by atoms with Gasteiger partial charge in [0.1, 0.15) is 0 Å². The fourth-order valence-electron chi connectivity index (χ4n) is 3.27. The predicted octanol–water partition coefficient (Wildman–Crippen LogP) is 2.23. The van der Waals surface area contributed by atoms with E-state index in [-0.39, 0.29) is 5.41 Å². The van der Waals surface area contributed by atoms with Crippen LogP contribution in [0.15, 0.2) is 12.4 Å². The molecule has 0 unspecified atom stereocenters. The van der Waals surface area contributed by atoms with Gasteiger partial charge in [0.25, 0.3) is 0 Å². The maximum atomic E-state index is 5.89. The Morgan fingerprint density at radius 2 is 1.86 bits per heavy atom. The highest BCUT2D eigenvalue weighted by atomic mass is 16.5. The Labute approximate surface area is 126 Å². The van der Waals surface area contributed by atoms with Crippen LogP contribution in [0.5, 0.6) is 0 Å². The summed E-state index contributed by atoms with van der Waals surface area (Å²) in [6, 6.07) is 0. The van der Waals surface area contributed by atoms with Crippen LogP contribution >= 0.6 is 0 Å². The van der Waals surface area contributed by atoms with E-state index in [2.05, 4.69) is 28.7 Å². The topological polar surface area (TPSA) is 47.5 Å². The van der Waals surface area contributed by atoms with Gasteiger partial charge in [-0.25, -0.2) is 4.98 Å². The van der Waals surface area contributed by atoms with Crippen LogP contribution < -0.4 is 4.90 Å². The summed E-state index contributed by atoms with van der Waals surface area (Å²) in [5.74, 6) is 1.41. The molecule has 2 aliphatic heterocycles. The van der Waals surface area contributed by atoms with Gasteiger partial charge in [0.2, 0.25) is 0 Å². The van der Waals surface area contributed by atoms with Gasteiger partial charge < -0.3 is 14.4 Å². The number of aromatic nitrogens is 2. The lowest BCUT2D eigenvalue weighted by Gasteiger charge is -2.39. The lowest BCUT2D eigenvalue weighted by molar-refractivity contribution is -0.0240. The molecule has 0 atom stereocenters. The molecule has 3 heterocycles. The van der Waals surface area contributed by atoms with E-state index in [4.69, 9.17) is 9.47 Å². The molecule has 2 fully saturated rings. The van der Waals surface area contributed by atoms with Crippen LogP contribution in [0.1, 0.15) is 38.3 Å². The highest BCUT2D eigenvalue weighted by Crippen LogP contribution is 2.35. The standard InChI is InChI=1S/C16H25N3O2/c1-13(2)14-15(18-6-5-17-14)19-7-10-21-12-16(11-19)3-8-20-9-4-16/h5-6,13H,3-4,7-12H2,1-2H3. The fraction of sp³-hybridized carbons (Fsp3) is 0.750. The van der Waals surface area contributed by atoms with E-state index in [1.54, 1.807) is 12.4 Å². The van der Waals surface area contributed by atoms with Crippen molar-refractivity contribution in [1.29, 1.82) is 0 Å². The van der Waals surface area contributed by atoms with Gasteiger partial charge in [0.05, 0.1) is 18.9 Å². The molecule has 0 bridgehead atoms.